The van der Waals surface area contributed by atoms with Crippen LogP contribution in [0.3, 0.4) is 0 Å². The van der Waals surface area contributed by atoms with Crippen molar-refractivity contribution in [2.24, 2.45) is 0 Å². The van der Waals surface area contributed by atoms with E-state index in [-0.39, 0.29) is 10.0 Å². The van der Waals surface area contributed by atoms with Gasteiger partial charge in [0.25, 0.3) is 5.92 Å². The molecule has 0 aliphatic heterocycles. The van der Waals surface area contributed by atoms with E-state index >= 15 is 0 Å². The second kappa shape index (κ2) is 6.10. The third kappa shape index (κ3) is 3.92. The van der Waals surface area contributed by atoms with Crippen molar-refractivity contribution in [1.29, 1.82) is 0 Å². The molecule has 18 heavy (non-hydrogen) atoms. The van der Waals surface area contributed by atoms with Crippen molar-refractivity contribution >= 4 is 21.9 Å². The van der Waals surface area contributed by atoms with E-state index in [0.717, 1.165) is 0 Å². The van der Waals surface area contributed by atoms with Crippen LogP contribution in [0.2, 0.25) is 0 Å². The van der Waals surface area contributed by atoms with E-state index in [2.05, 4.69) is 20.7 Å². The summed E-state index contributed by atoms with van der Waals surface area (Å²) in [5.41, 5.74) is -0.284. The van der Waals surface area contributed by atoms with E-state index in [1.54, 1.807) is 0 Å². The average Bonchev–Trinajstić information content (AvgIpc) is 2.27. The largest absolute Gasteiger partial charge is 0.497 e. The van der Waals surface area contributed by atoms with E-state index in [4.69, 9.17) is 9.84 Å². The van der Waals surface area contributed by atoms with Gasteiger partial charge in [-0.15, -0.1) is 0 Å². The molecular weight excluding hydrogens is 314 g/mol. The van der Waals surface area contributed by atoms with Crippen molar-refractivity contribution in [3.8, 4) is 5.75 Å². The predicted octanol–water partition coefficient (Wildman–Crippen LogP) is 2.65. The van der Waals surface area contributed by atoms with Crippen LogP contribution in [-0.4, -0.2) is 31.4 Å². The predicted molar refractivity (Wildman–Crippen MR) is 63.0 cm³/mol. The average molecular weight is 325 g/mol. The van der Waals surface area contributed by atoms with Crippen LogP contribution in [-0.2, 0) is 15.5 Å². The Morgan fingerprint density at radius 2 is 2.17 bits per heavy atom. The molecule has 7 heteroatoms. The van der Waals surface area contributed by atoms with E-state index < -0.39 is 25.1 Å². The second-order valence-corrected chi connectivity index (χ2v) is 4.29. The maximum absolute atomic E-state index is 13.7. The Hall–Kier alpha value is -1.21. The van der Waals surface area contributed by atoms with Crippen LogP contribution in [0.4, 0.5) is 8.78 Å². The number of ether oxygens (including phenoxy) is 2. The number of benzene rings is 1. The molecule has 100 valence electrons. The zero-order valence-electron chi connectivity index (χ0n) is 9.45. The monoisotopic (exact) mass is 324 g/mol. The van der Waals surface area contributed by atoms with Crippen molar-refractivity contribution in [3.05, 3.63) is 28.2 Å². The van der Waals surface area contributed by atoms with Crippen molar-refractivity contribution in [2.45, 2.75) is 5.92 Å². The number of carboxylic acid groups (broad SMARTS) is 1. The first kappa shape index (κ1) is 14.8. The summed E-state index contributed by atoms with van der Waals surface area (Å²) >= 11 is 3.01. The minimum absolute atomic E-state index is 0.172. The molecule has 0 aliphatic rings. The molecular formula is C11H11BrF2O4. The maximum atomic E-state index is 13.7. The molecule has 0 aliphatic carbocycles. The van der Waals surface area contributed by atoms with Gasteiger partial charge in [0.1, 0.15) is 19.0 Å². The minimum atomic E-state index is -3.28. The molecule has 0 spiro atoms. The van der Waals surface area contributed by atoms with Gasteiger partial charge in [-0.05, 0) is 18.2 Å². The number of rotatable bonds is 6. The lowest BCUT2D eigenvalue weighted by Crippen LogP contribution is -2.23. The standard InChI is InChI=1S/C11H11BrF2O4/c1-17-7-2-3-8(9(12)4-7)11(13,14)6-18-5-10(15)16/h2-4H,5-6H2,1H3,(H,15,16). The van der Waals surface area contributed by atoms with Gasteiger partial charge in [-0.1, -0.05) is 15.9 Å². The van der Waals surface area contributed by atoms with E-state index in [1.807, 2.05) is 0 Å². The molecule has 0 unspecified atom stereocenters. The lowest BCUT2D eigenvalue weighted by molar-refractivity contribution is -0.147. The van der Waals surface area contributed by atoms with Crippen LogP contribution in [0.5, 0.6) is 5.75 Å². The van der Waals surface area contributed by atoms with Gasteiger partial charge in [0, 0.05) is 10.0 Å². The van der Waals surface area contributed by atoms with Gasteiger partial charge in [-0.2, -0.15) is 8.78 Å². The molecule has 0 aromatic heterocycles. The number of hydrogen-bond donors (Lipinski definition) is 1. The summed E-state index contributed by atoms with van der Waals surface area (Å²) in [4.78, 5) is 10.2. The maximum Gasteiger partial charge on any atom is 0.329 e. The van der Waals surface area contributed by atoms with Crippen molar-refractivity contribution in [1.82, 2.24) is 0 Å². The molecule has 0 fully saturated rings. The third-order valence-corrected chi connectivity index (χ3v) is 2.74. The van der Waals surface area contributed by atoms with Crippen LogP contribution in [0.15, 0.2) is 22.7 Å². The first-order valence-electron chi connectivity index (χ1n) is 4.88. The molecule has 4 nitrogen and oxygen atoms in total. The van der Waals surface area contributed by atoms with E-state index in [1.165, 1.54) is 25.3 Å². The summed E-state index contributed by atoms with van der Waals surface area (Å²) < 4.78 is 36.9. The summed E-state index contributed by atoms with van der Waals surface area (Å²) in [5.74, 6) is -4.13. The fraction of sp³-hybridized carbons (Fsp3) is 0.364. The Morgan fingerprint density at radius 1 is 1.50 bits per heavy atom. The number of carbonyl (C=O) groups is 1. The van der Waals surface area contributed by atoms with Crippen molar-refractivity contribution in [3.63, 3.8) is 0 Å². The first-order valence-corrected chi connectivity index (χ1v) is 5.67. The quantitative estimate of drug-likeness (QED) is 0.874. The number of aliphatic carboxylic acids is 1. The zero-order chi connectivity index (χ0) is 13.8. The number of halogens is 3. The first-order chi connectivity index (χ1) is 8.36. The number of hydrogen-bond acceptors (Lipinski definition) is 3. The molecule has 1 aromatic rings. The normalized spacial score (nSPS) is 11.3. The van der Waals surface area contributed by atoms with E-state index in [9.17, 15) is 13.6 Å². The Morgan fingerprint density at radius 3 is 2.67 bits per heavy atom. The molecule has 1 aromatic carbocycles. The molecule has 0 saturated carbocycles. The Balaban J connectivity index is 2.80. The highest BCUT2D eigenvalue weighted by atomic mass is 79.9. The van der Waals surface area contributed by atoms with E-state index in [0.29, 0.717) is 5.75 Å². The lowest BCUT2D eigenvalue weighted by Gasteiger charge is -2.18. The molecule has 0 bridgehead atoms. The van der Waals surface area contributed by atoms with Crippen LogP contribution < -0.4 is 4.74 Å². The highest BCUT2D eigenvalue weighted by molar-refractivity contribution is 9.10. The second-order valence-electron chi connectivity index (χ2n) is 3.44. The van der Waals surface area contributed by atoms with Crippen LogP contribution in [0.25, 0.3) is 0 Å². The van der Waals surface area contributed by atoms with Gasteiger partial charge in [-0.25, -0.2) is 4.79 Å². The summed E-state index contributed by atoms with van der Waals surface area (Å²) in [6, 6.07) is 4.00. The lowest BCUT2D eigenvalue weighted by atomic mass is 10.1. The fourth-order valence-electron chi connectivity index (χ4n) is 1.26. The SMILES string of the molecule is COc1ccc(C(F)(F)COCC(=O)O)c(Br)c1. The van der Waals surface area contributed by atoms with Gasteiger partial charge in [-0.3, -0.25) is 0 Å². The molecule has 0 amide bonds. The Bertz CT molecular complexity index is 437. The number of methoxy groups -OCH3 is 1. The number of alkyl halides is 2. The molecule has 0 atom stereocenters. The summed E-state index contributed by atoms with van der Waals surface area (Å²) in [6.45, 7) is -1.76. The van der Waals surface area contributed by atoms with Crippen molar-refractivity contribution < 1.29 is 28.2 Å². The smallest absolute Gasteiger partial charge is 0.329 e. The van der Waals surface area contributed by atoms with Crippen LogP contribution >= 0.6 is 15.9 Å². The highest BCUT2D eigenvalue weighted by Gasteiger charge is 2.34. The van der Waals surface area contributed by atoms with Gasteiger partial charge < -0.3 is 14.6 Å². The molecule has 0 radical (unpaired) electrons. The van der Waals surface area contributed by atoms with Gasteiger partial charge in [0.15, 0.2) is 0 Å². The summed E-state index contributed by atoms with van der Waals surface area (Å²) in [6.07, 6.45) is 0. The molecule has 0 heterocycles. The summed E-state index contributed by atoms with van der Waals surface area (Å²) in [7, 11) is 1.43. The van der Waals surface area contributed by atoms with Crippen molar-refractivity contribution in [2.75, 3.05) is 20.3 Å². The van der Waals surface area contributed by atoms with Gasteiger partial charge in [0.2, 0.25) is 0 Å². The Kier molecular flexibility index (Phi) is 5.03. The summed E-state index contributed by atoms with van der Waals surface area (Å²) in [5, 5.41) is 8.31. The molecule has 1 rings (SSSR count). The minimum Gasteiger partial charge on any atom is -0.497 e. The topological polar surface area (TPSA) is 55.8 Å². The zero-order valence-corrected chi connectivity index (χ0v) is 11.0. The number of carboxylic acids is 1. The fourth-order valence-corrected chi connectivity index (χ4v) is 1.91. The van der Waals surface area contributed by atoms with Gasteiger partial charge >= 0.3 is 5.97 Å². The highest BCUT2D eigenvalue weighted by Crippen LogP contribution is 2.35. The third-order valence-electron chi connectivity index (χ3n) is 2.08. The van der Waals surface area contributed by atoms with Gasteiger partial charge in [0.05, 0.1) is 7.11 Å². The van der Waals surface area contributed by atoms with Crippen LogP contribution in [0.1, 0.15) is 5.56 Å². The van der Waals surface area contributed by atoms with Crippen LogP contribution in [0, 0.1) is 0 Å². The molecule has 0 saturated heterocycles. The molecule has 1 N–H and O–H groups in total. The Labute approximate surface area is 111 Å².